The van der Waals surface area contributed by atoms with E-state index in [9.17, 15) is 5.11 Å². The van der Waals surface area contributed by atoms with Crippen LogP contribution in [0.1, 0.15) is 46.0 Å². The number of hydrogen-bond donors (Lipinski definition) is 2. The van der Waals surface area contributed by atoms with Crippen LogP contribution in [0.15, 0.2) is 0 Å². The first kappa shape index (κ1) is 12.7. The van der Waals surface area contributed by atoms with Crippen molar-refractivity contribution in [3.63, 3.8) is 0 Å². The number of rotatable bonds is 5. The maximum atomic E-state index is 10.5. The minimum absolute atomic E-state index is 0.414. The Morgan fingerprint density at radius 1 is 1.38 bits per heavy atom. The molecule has 4 unspecified atom stereocenters. The maximum absolute atomic E-state index is 10.5. The van der Waals surface area contributed by atoms with Crippen LogP contribution in [0.25, 0.3) is 0 Å². The summed E-state index contributed by atoms with van der Waals surface area (Å²) in [7, 11) is 0. The predicted octanol–water partition coefficient (Wildman–Crippen LogP) is 2.41. The van der Waals surface area contributed by atoms with Crippen LogP contribution < -0.4 is 5.32 Å². The van der Waals surface area contributed by atoms with Gasteiger partial charge in [-0.1, -0.05) is 20.3 Å². The Balaban J connectivity index is 1.76. The fraction of sp³-hybridized carbons (Fsp3) is 1.00. The molecule has 2 aliphatic rings. The first-order valence-electron chi connectivity index (χ1n) is 6.73. The topological polar surface area (TPSA) is 32.3 Å². The minimum Gasteiger partial charge on any atom is -0.387 e. The molecule has 0 aromatic heterocycles. The summed E-state index contributed by atoms with van der Waals surface area (Å²) in [4.78, 5) is 0. The molecule has 0 amide bonds. The van der Waals surface area contributed by atoms with Gasteiger partial charge < -0.3 is 10.4 Å². The molecule has 0 aliphatic heterocycles. The van der Waals surface area contributed by atoms with Gasteiger partial charge in [0.05, 0.1) is 5.60 Å². The molecule has 0 saturated heterocycles. The summed E-state index contributed by atoms with van der Waals surface area (Å²) in [6, 6.07) is 0.650. The number of hydrogen-bond acceptors (Lipinski definition) is 3. The summed E-state index contributed by atoms with van der Waals surface area (Å²) < 4.78 is 0. The zero-order chi connectivity index (χ0) is 11.6. The van der Waals surface area contributed by atoms with Crippen LogP contribution in [0.5, 0.6) is 0 Å². The highest BCUT2D eigenvalue weighted by molar-refractivity contribution is 8.00. The van der Waals surface area contributed by atoms with E-state index < -0.39 is 5.60 Å². The zero-order valence-corrected chi connectivity index (χ0v) is 11.4. The average molecular weight is 243 g/mol. The minimum atomic E-state index is -0.414. The first-order valence-corrected chi connectivity index (χ1v) is 7.78. The first-order chi connectivity index (χ1) is 7.65. The Hall–Kier alpha value is 0.270. The molecule has 0 radical (unpaired) electrons. The van der Waals surface area contributed by atoms with Gasteiger partial charge in [0.2, 0.25) is 0 Å². The summed E-state index contributed by atoms with van der Waals surface area (Å²) in [6.45, 7) is 5.31. The summed E-state index contributed by atoms with van der Waals surface area (Å²) >= 11 is 1.92. The second-order valence-corrected chi connectivity index (χ2v) is 6.96. The van der Waals surface area contributed by atoms with E-state index in [2.05, 4.69) is 19.2 Å². The van der Waals surface area contributed by atoms with Gasteiger partial charge in [0.15, 0.2) is 0 Å². The van der Waals surface area contributed by atoms with Gasteiger partial charge in [-0.05, 0) is 37.4 Å². The van der Waals surface area contributed by atoms with Crippen LogP contribution in [0.2, 0.25) is 0 Å². The quantitative estimate of drug-likeness (QED) is 0.778. The molecule has 94 valence electrons. The normalized spacial score (nSPS) is 43.3. The SMILES string of the molecule is CCSC1CCC1(O)CNC1CCCC1C. The molecule has 0 bridgehead atoms. The third-order valence-corrected chi connectivity index (χ3v) is 5.75. The van der Waals surface area contributed by atoms with E-state index >= 15 is 0 Å². The van der Waals surface area contributed by atoms with E-state index in [4.69, 9.17) is 0 Å². The Morgan fingerprint density at radius 2 is 2.19 bits per heavy atom. The molecule has 2 aliphatic carbocycles. The molecule has 0 aromatic rings. The fourth-order valence-corrected chi connectivity index (χ4v) is 4.19. The number of thioether (sulfide) groups is 1. The van der Waals surface area contributed by atoms with Crippen molar-refractivity contribution < 1.29 is 5.11 Å². The van der Waals surface area contributed by atoms with Crippen molar-refractivity contribution in [2.45, 2.75) is 62.8 Å². The van der Waals surface area contributed by atoms with Gasteiger partial charge in [0.1, 0.15) is 0 Å². The highest BCUT2D eigenvalue weighted by Crippen LogP contribution is 2.41. The van der Waals surface area contributed by atoms with Crippen LogP contribution in [0, 0.1) is 5.92 Å². The van der Waals surface area contributed by atoms with E-state index in [0.717, 1.165) is 24.6 Å². The van der Waals surface area contributed by atoms with Gasteiger partial charge in [0.25, 0.3) is 0 Å². The summed E-state index contributed by atoms with van der Waals surface area (Å²) in [5, 5.41) is 14.5. The van der Waals surface area contributed by atoms with Crippen LogP contribution >= 0.6 is 11.8 Å². The van der Waals surface area contributed by atoms with Crippen molar-refractivity contribution in [2.75, 3.05) is 12.3 Å². The maximum Gasteiger partial charge on any atom is 0.0889 e. The van der Waals surface area contributed by atoms with Gasteiger partial charge in [-0.25, -0.2) is 0 Å². The lowest BCUT2D eigenvalue weighted by Crippen LogP contribution is -2.57. The third-order valence-electron chi connectivity index (χ3n) is 4.34. The fourth-order valence-electron chi connectivity index (χ4n) is 2.99. The molecule has 16 heavy (non-hydrogen) atoms. The molecule has 2 saturated carbocycles. The molecule has 2 N–H and O–H groups in total. The lowest BCUT2D eigenvalue weighted by atomic mass is 9.79. The van der Waals surface area contributed by atoms with Gasteiger partial charge in [-0.3, -0.25) is 0 Å². The summed E-state index contributed by atoms with van der Waals surface area (Å²) in [6.07, 6.45) is 6.17. The Bertz CT molecular complexity index is 236. The Kier molecular flexibility index (Phi) is 4.20. The van der Waals surface area contributed by atoms with Crippen LogP contribution in [0.3, 0.4) is 0 Å². The van der Waals surface area contributed by atoms with Crippen molar-refractivity contribution in [1.82, 2.24) is 5.32 Å². The van der Waals surface area contributed by atoms with Gasteiger partial charge in [-0.2, -0.15) is 11.8 Å². The largest absolute Gasteiger partial charge is 0.387 e. The standard InChI is InChI=1S/C13H25NOS/c1-3-16-12-7-8-13(12,15)9-14-11-6-4-5-10(11)2/h10-12,14-15H,3-9H2,1-2H3. The van der Waals surface area contributed by atoms with Crippen molar-refractivity contribution >= 4 is 11.8 Å². The van der Waals surface area contributed by atoms with E-state index in [1.165, 1.54) is 25.7 Å². The highest BCUT2D eigenvalue weighted by Gasteiger charge is 2.45. The second kappa shape index (κ2) is 5.28. The van der Waals surface area contributed by atoms with E-state index in [0.29, 0.717) is 11.3 Å². The van der Waals surface area contributed by atoms with Gasteiger partial charge in [-0.15, -0.1) is 0 Å². The molecule has 0 heterocycles. The van der Waals surface area contributed by atoms with E-state index in [-0.39, 0.29) is 0 Å². The Morgan fingerprint density at radius 3 is 2.69 bits per heavy atom. The molecule has 2 fully saturated rings. The smallest absolute Gasteiger partial charge is 0.0889 e. The van der Waals surface area contributed by atoms with Crippen LogP contribution in [-0.2, 0) is 0 Å². The second-order valence-electron chi connectivity index (χ2n) is 5.48. The molecular weight excluding hydrogens is 218 g/mol. The van der Waals surface area contributed by atoms with Crippen molar-refractivity contribution in [2.24, 2.45) is 5.92 Å². The monoisotopic (exact) mass is 243 g/mol. The highest BCUT2D eigenvalue weighted by atomic mass is 32.2. The van der Waals surface area contributed by atoms with E-state index in [1.807, 2.05) is 11.8 Å². The average Bonchev–Trinajstić information content (AvgIpc) is 2.67. The van der Waals surface area contributed by atoms with Crippen molar-refractivity contribution in [3.8, 4) is 0 Å². The number of nitrogens with one attached hydrogen (secondary N) is 1. The summed E-state index contributed by atoms with van der Waals surface area (Å²) in [5.41, 5.74) is -0.414. The van der Waals surface area contributed by atoms with Crippen LogP contribution in [-0.4, -0.2) is 34.3 Å². The zero-order valence-electron chi connectivity index (χ0n) is 10.5. The van der Waals surface area contributed by atoms with Gasteiger partial charge in [0, 0.05) is 17.8 Å². The molecular formula is C13H25NOS. The predicted molar refractivity (Wildman–Crippen MR) is 70.9 cm³/mol. The molecule has 2 rings (SSSR count). The van der Waals surface area contributed by atoms with Crippen LogP contribution in [0.4, 0.5) is 0 Å². The molecule has 4 atom stereocenters. The van der Waals surface area contributed by atoms with Crippen molar-refractivity contribution in [3.05, 3.63) is 0 Å². The Labute approximate surface area is 104 Å². The van der Waals surface area contributed by atoms with E-state index in [1.54, 1.807) is 0 Å². The molecule has 0 aromatic carbocycles. The van der Waals surface area contributed by atoms with Crippen molar-refractivity contribution in [1.29, 1.82) is 0 Å². The van der Waals surface area contributed by atoms with Gasteiger partial charge >= 0.3 is 0 Å². The third kappa shape index (κ3) is 2.57. The number of aliphatic hydroxyl groups is 1. The molecule has 2 nitrogen and oxygen atoms in total. The lowest BCUT2D eigenvalue weighted by Gasteiger charge is -2.45. The molecule has 0 spiro atoms. The molecule has 3 heteroatoms. The lowest BCUT2D eigenvalue weighted by molar-refractivity contribution is -0.0259. The summed E-state index contributed by atoms with van der Waals surface area (Å²) in [5.74, 6) is 1.91.